The fraction of sp³-hybridized carbons (Fsp3) is 0.556. The van der Waals surface area contributed by atoms with E-state index in [1.807, 2.05) is 32.3 Å². The number of nitrogens with zero attached hydrogens (tertiary/aromatic N) is 3. The third-order valence-electron chi connectivity index (χ3n) is 4.44. The van der Waals surface area contributed by atoms with Crippen LogP contribution < -0.4 is 5.32 Å². The molecule has 1 aromatic rings. The highest BCUT2D eigenvalue weighted by Crippen LogP contribution is 2.17. The highest BCUT2D eigenvalue weighted by Gasteiger charge is 2.21. The Hall–Kier alpha value is -1.90. The molecule has 1 amide bonds. The third kappa shape index (κ3) is 5.34. The van der Waals surface area contributed by atoms with Crippen molar-refractivity contribution in [2.75, 3.05) is 40.3 Å². The molecule has 23 heavy (non-hydrogen) atoms. The number of piperidine rings is 1. The number of hydrogen-bond acceptors (Lipinski definition) is 4. The lowest BCUT2D eigenvalue weighted by atomic mass is 9.99. The van der Waals surface area contributed by atoms with E-state index in [1.54, 1.807) is 0 Å². The van der Waals surface area contributed by atoms with Gasteiger partial charge in [0, 0.05) is 12.5 Å². The lowest BCUT2D eigenvalue weighted by Gasteiger charge is -2.29. The maximum absolute atomic E-state index is 12.2. The van der Waals surface area contributed by atoms with Gasteiger partial charge in [-0.05, 0) is 45.6 Å². The van der Waals surface area contributed by atoms with Crippen LogP contribution in [0, 0.1) is 17.2 Å². The van der Waals surface area contributed by atoms with Crippen LogP contribution in [0.3, 0.4) is 0 Å². The first-order chi connectivity index (χ1) is 11.1. The van der Waals surface area contributed by atoms with Crippen molar-refractivity contribution in [3.05, 3.63) is 35.9 Å². The molecule has 1 unspecified atom stereocenters. The number of carbonyl (C=O) groups excluding carboxylic acids is 1. The van der Waals surface area contributed by atoms with Crippen LogP contribution in [0.1, 0.15) is 24.4 Å². The molecular formula is C18H26N4O. The number of hydrogen-bond donors (Lipinski definition) is 1. The summed E-state index contributed by atoms with van der Waals surface area (Å²) in [5.74, 6) is 0.216. The molecule has 0 saturated carbocycles. The molecule has 1 atom stereocenters. The molecule has 1 aliphatic rings. The first-order valence-corrected chi connectivity index (χ1v) is 8.20. The van der Waals surface area contributed by atoms with Gasteiger partial charge in [-0.2, -0.15) is 5.26 Å². The minimum absolute atomic E-state index is 0.0585. The number of carbonyl (C=O) groups is 1. The molecule has 1 fully saturated rings. The van der Waals surface area contributed by atoms with Gasteiger partial charge in [-0.15, -0.1) is 0 Å². The first-order valence-electron chi connectivity index (χ1n) is 8.20. The number of likely N-dealkylation sites (N-methyl/N-ethyl adjacent to an activating group) is 1. The Morgan fingerprint density at radius 1 is 1.35 bits per heavy atom. The lowest BCUT2D eigenvalue weighted by Crippen LogP contribution is -2.43. The maximum atomic E-state index is 12.2. The van der Waals surface area contributed by atoms with Crippen molar-refractivity contribution in [3.63, 3.8) is 0 Å². The fourth-order valence-electron chi connectivity index (χ4n) is 2.96. The lowest BCUT2D eigenvalue weighted by molar-refractivity contribution is -0.122. The van der Waals surface area contributed by atoms with Crippen LogP contribution in [-0.2, 0) is 4.79 Å². The molecule has 5 heteroatoms. The number of nitrogens with one attached hydrogen (secondary N) is 1. The average Bonchev–Trinajstić information content (AvgIpc) is 2.56. The summed E-state index contributed by atoms with van der Waals surface area (Å²) < 4.78 is 0. The summed E-state index contributed by atoms with van der Waals surface area (Å²) in [4.78, 5) is 16.4. The Morgan fingerprint density at radius 3 is 2.57 bits per heavy atom. The van der Waals surface area contributed by atoms with Crippen molar-refractivity contribution in [2.45, 2.75) is 18.9 Å². The highest BCUT2D eigenvalue weighted by atomic mass is 16.2. The van der Waals surface area contributed by atoms with E-state index in [9.17, 15) is 4.79 Å². The summed E-state index contributed by atoms with van der Waals surface area (Å²) in [6.07, 6.45) is 1.74. The van der Waals surface area contributed by atoms with Gasteiger partial charge in [0.1, 0.15) is 0 Å². The second-order valence-electron chi connectivity index (χ2n) is 6.37. The second kappa shape index (κ2) is 8.66. The van der Waals surface area contributed by atoms with Crippen LogP contribution in [0.5, 0.6) is 0 Å². The summed E-state index contributed by atoms with van der Waals surface area (Å²) in [6, 6.07) is 12.7. The summed E-state index contributed by atoms with van der Waals surface area (Å²) in [7, 11) is 4.05. The molecule has 2 rings (SSSR count). The van der Waals surface area contributed by atoms with Gasteiger partial charge in [-0.25, -0.2) is 0 Å². The minimum atomic E-state index is 0.0585. The number of likely N-dealkylation sites (tertiary alicyclic amines) is 1. The van der Waals surface area contributed by atoms with Crippen molar-refractivity contribution in [1.82, 2.24) is 15.1 Å². The highest BCUT2D eigenvalue weighted by molar-refractivity contribution is 5.78. The zero-order valence-electron chi connectivity index (χ0n) is 14.0. The standard InChI is InChI=1S/C18H26N4O/c1-21(2)17(16-6-4-3-5-7-16)13-20-18(23)14-22-10-8-15(12-19)9-11-22/h3-7,15,17H,8-11,13-14H2,1-2H3,(H,20,23). The Morgan fingerprint density at radius 2 is 2.00 bits per heavy atom. The summed E-state index contributed by atoms with van der Waals surface area (Å²) in [5.41, 5.74) is 1.20. The smallest absolute Gasteiger partial charge is 0.234 e. The number of amides is 1. The molecular weight excluding hydrogens is 288 g/mol. The molecule has 0 bridgehead atoms. The van der Waals surface area contributed by atoms with Crippen molar-refractivity contribution >= 4 is 5.91 Å². The molecule has 0 radical (unpaired) electrons. The topological polar surface area (TPSA) is 59.4 Å². The Bertz CT molecular complexity index is 530. The summed E-state index contributed by atoms with van der Waals surface area (Å²) >= 11 is 0. The van der Waals surface area contributed by atoms with E-state index >= 15 is 0 Å². The van der Waals surface area contributed by atoms with E-state index in [0.717, 1.165) is 25.9 Å². The van der Waals surface area contributed by atoms with E-state index < -0.39 is 0 Å². The molecule has 1 saturated heterocycles. The molecule has 1 heterocycles. The van der Waals surface area contributed by atoms with Crippen LogP contribution in [-0.4, -0.2) is 56.0 Å². The van der Waals surface area contributed by atoms with Crippen molar-refractivity contribution < 1.29 is 4.79 Å². The maximum Gasteiger partial charge on any atom is 0.234 e. The van der Waals surface area contributed by atoms with Gasteiger partial charge < -0.3 is 10.2 Å². The quantitative estimate of drug-likeness (QED) is 0.867. The SMILES string of the molecule is CN(C)C(CNC(=O)CN1CCC(C#N)CC1)c1ccccc1. The molecule has 1 aromatic carbocycles. The molecule has 1 N–H and O–H groups in total. The van der Waals surface area contributed by atoms with E-state index in [4.69, 9.17) is 5.26 Å². The number of benzene rings is 1. The third-order valence-corrected chi connectivity index (χ3v) is 4.44. The predicted octanol–water partition coefficient (Wildman–Crippen LogP) is 1.64. The van der Waals surface area contributed by atoms with Crippen molar-refractivity contribution in [3.8, 4) is 6.07 Å². The van der Waals surface area contributed by atoms with Crippen LogP contribution in [0.25, 0.3) is 0 Å². The molecule has 124 valence electrons. The molecule has 0 aromatic heterocycles. The fourth-order valence-corrected chi connectivity index (χ4v) is 2.96. The number of rotatable bonds is 6. The summed E-state index contributed by atoms with van der Waals surface area (Å²) in [5, 5.41) is 12.0. The Balaban J connectivity index is 1.80. The van der Waals surface area contributed by atoms with Crippen LogP contribution in [0.2, 0.25) is 0 Å². The summed E-state index contributed by atoms with van der Waals surface area (Å²) in [6.45, 7) is 2.69. The normalized spacial score (nSPS) is 17.7. The average molecular weight is 314 g/mol. The monoisotopic (exact) mass is 314 g/mol. The van der Waals surface area contributed by atoms with Crippen molar-refractivity contribution in [2.24, 2.45) is 5.92 Å². The van der Waals surface area contributed by atoms with Gasteiger partial charge in [0.15, 0.2) is 0 Å². The van der Waals surface area contributed by atoms with Crippen molar-refractivity contribution in [1.29, 1.82) is 5.26 Å². The minimum Gasteiger partial charge on any atom is -0.353 e. The number of nitriles is 1. The second-order valence-corrected chi connectivity index (χ2v) is 6.37. The van der Waals surface area contributed by atoms with Crippen LogP contribution in [0.15, 0.2) is 30.3 Å². The predicted molar refractivity (Wildman–Crippen MR) is 90.7 cm³/mol. The van der Waals surface area contributed by atoms with Gasteiger partial charge in [-0.3, -0.25) is 9.69 Å². The zero-order chi connectivity index (χ0) is 16.7. The Labute approximate surface area is 138 Å². The van der Waals surface area contributed by atoms with E-state index in [1.165, 1.54) is 5.56 Å². The largest absolute Gasteiger partial charge is 0.353 e. The molecule has 0 aliphatic carbocycles. The van der Waals surface area contributed by atoms with Gasteiger partial charge in [0.25, 0.3) is 0 Å². The van der Waals surface area contributed by atoms with Gasteiger partial charge >= 0.3 is 0 Å². The molecule has 5 nitrogen and oxygen atoms in total. The molecule has 1 aliphatic heterocycles. The van der Waals surface area contributed by atoms with Gasteiger partial charge in [0.05, 0.1) is 18.7 Å². The van der Waals surface area contributed by atoms with Crippen LogP contribution in [0.4, 0.5) is 0 Å². The van der Waals surface area contributed by atoms with Gasteiger partial charge in [-0.1, -0.05) is 30.3 Å². The van der Waals surface area contributed by atoms with Crippen LogP contribution >= 0.6 is 0 Å². The Kier molecular flexibility index (Phi) is 6.57. The van der Waals surface area contributed by atoms with E-state index in [0.29, 0.717) is 13.1 Å². The first kappa shape index (κ1) is 17.5. The molecule has 0 spiro atoms. The van der Waals surface area contributed by atoms with Gasteiger partial charge in [0.2, 0.25) is 5.91 Å². The zero-order valence-corrected chi connectivity index (χ0v) is 14.0. The van der Waals surface area contributed by atoms with E-state index in [2.05, 4.69) is 33.3 Å². The van der Waals surface area contributed by atoms with E-state index in [-0.39, 0.29) is 17.9 Å².